The van der Waals surface area contributed by atoms with Gasteiger partial charge in [0.05, 0.1) is 13.0 Å². The van der Waals surface area contributed by atoms with Crippen molar-refractivity contribution in [2.45, 2.75) is 45.3 Å². The summed E-state index contributed by atoms with van der Waals surface area (Å²) in [7, 11) is 0. The lowest BCUT2D eigenvalue weighted by atomic mass is 10.1. The zero-order chi connectivity index (χ0) is 26.9. The number of hydrogen-bond acceptors (Lipinski definition) is 7. The quantitative estimate of drug-likeness (QED) is 0.142. The highest BCUT2D eigenvalue weighted by molar-refractivity contribution is 7.80. The molecule has 2 aromatic rings. The van der Waals surface area contributed by atoms with E-state index in [1.54, 1.807) is 19.1 Å². The highest BCUT2D eigenvalue weighted by Crippen LogP contribution is 2.16. The molecule has 10 nitrogen and oxygen atoms in total. The van der Waals surface area contributed by atoms with Gasteiger partial charge in [0.25, 0.3) is 0 Å². The number of hydrogen-bond donors (Lipinski definition) is 5. The molecule has 0 bridgehead atoms. The minimum absolute atomic E-state index is 0.0162. The Balaban J connectivity index is 1.80. The predicted octanol–water partition coefficient (Wildman–Crippen LogP) is 3.21. The minimum atomic E-state index is -0.847. The zero-order valence-electron chi connectivity index (χ0n) is 20.8. The van der Waals surface area contributed by atoms with E-state index >= 15 is 0 Å². The molecule has 0 aliphatic heterocycles. The molecular weight excluding hydrogens is 496 g/mol. The van der Waals surface area contributed by atoms with Crippen LogP contribution in [0.5, 0.6) is 5.75 Å². The number of amides is 2. The number of esters is 1. The molecular formula is C26H34N4O6S. The number of unbranched alkanes of at least 4 members (excludes halogenated alkanes) is 1. The second-order valence-corrected chi connectivity index (χ2v) is 8.44. The molecule has 2 rings (SSSR count). The fourth-order valence-electron chi connectivity index (χ4n) is 3.24. The molecule has 0 aliphatic carbocycles. The van der Waals surface area contributed by atoms with Crippen molar-refractivity contribution in [2.24, 2.45) is 0 Å². The zero-order valence-corrected chi connectivity index (χ0v) is 21.6. The molecule has 0 saturated heterocycles. The van der Waals surface area contributed by atoms with Crippen molar-refractivity contribution in [1.29, 1.82) is 0 Å². The van der Waals surface area contributed by atoms with E-state index in [0.717, 1.165) is 5.56 Å². The Kier molecular flexibility index (Phi) is 13.3. The Labute approximate surface area is 222 Å². The van der Waals surface area contributed by atoms with Crippen LogP contribution in [0.1, 0.15) is 38.2 Å². The number of phenolic OH excluding ortho intramolecular Hbond substituents is 1. The lowest BCUT2D eigenvalue weighted by Gasteiger charge is -2.19. The number of carbonyl (C=O) groups is 3. The van der Waals surface area contributed by atoms with Crippen LogP contribution in [0.25, 0.3) is 0 Å². The first kappa shape index (κ1) is 29.4. The topological polar surface area (TPSA) is 138 Å². The average Bonchev–Trinajstić information content (AvgIpc) is 2.87. The molecule has 0 spiro atoms. The van der Waals surface area contributed by atoms with Crippen LogP contribution in [0.2, 0.25) is 0 Å². The minimum Gasteiger partial charge on any atom is -0.508 e. The molecule has 0 unspecified atom stereocenters. The Bertz CT molecular complexity index is 1020. The smallest absolute Gasteiger partial charge is 0.408 e. The molecule has 2 aromatic carbocycles. The van der Waals surface area contributed by atoms with E-state index in [2.05, 4.69) is 21.3 Å². The highest BCUT2D eigenvalue weighted by Gasteiger charge is 2.21. The van der Waals surface area contributed by atoms with E-state index in [4.69, 9.17) is 21.7 Å². The lowest BCUT2D eigenvalue weighted by molar-refractivity contribution is -0.142. The van der Waals surface area contributed by atoms with Crippen LogP contribution in [0.4, 0.5) is 10.5 Å². The summed E-state index contributed by atoms with van der Waals surface area (Å²) in [5.74, 6) is -0.698. The van der Waals surface area contributed by atoms with Gasteiger partial charge >= 0.3 is 12.1 Å². The van der Waals surface area contributed by atoms with Crippen molar-refractivity contribution in [3.63, 3.8) is 0 Å². The van der Waals surface area contributed by atoms with Crippen LogP contribution >= 0.6 is 12.2 Å². The first-order chi connectivity index (χ1) is 17.9. The number of carbonyl (C=O) groups excluding carboxylic acids is 3. The normalized spacial score (nSPS) is 11.1. The van der Waals surface area contributed by atoms with Gasteiger partial charge in [-0.3, -0.25) is 9.59 Å². The molecule has 0 aromatic heterocycles. The van der Waals surface area contributed by atoms with Gasteiger partial charge in [-0.1, -0.05) is 36.4 Å². The van der Waals surface area contributed by atoms with Crippen molar-refractivity contribution in [2.75, 3.05) is 25.0 Å². The Hall–Kier alpha value is -3.86. The molecule has 5 N–H and O–H groups in total. The monoisotopic (exact) mass is 530 g/mol. The lowest BCUT2D eigenvalue weighted by Crippen LogP contribution is -2.44. The summed E-state index contributed by atoms with van der Waals surface area (Å²) in [5, 5.41) is 21.4. The first-order valence-corrected chi connectivity index (χ1v) is 12.5. The van der Waals surface area contributed by atoms with Crippen LogP contribution in [0, 0.1) is 0 Å². The fraction of sp³-hybridized carbons (Fsp3) is 0.385. The summed E-state index contributed by atoms with van der Waals surface area (Å²) in [5.41, 5.74) is 1.24. The molecule has 0 heterocycles. The Morgan fingerprint density at radius 3 is 2.46 bits per heavy atom. The van der Waals surface area contributed by atoms with Gasteiger partial charge in [0.15, 0.2) is 5.11 Å². The Morgan fingerprint density at radius 2 is 1.73 bits per heavy atom. The summed E-state index contributed by atoms with van der Waals surface area (Å²) in [4.78, 5) is 36.6. The van der Waals surface area contributed by atoms with Crippen molar-refractivity contribution in [3.8, 4) is 5.75 Å². The van der Waals surface area contributed by atoms with E-state index in [-0.39, 0.29) is 24.7 Å². The molecule has 0 fully saturated rings. The molecule has 0 aliphatic rings. The van der Waals surface area contributed by atoms with Gasteiger partial charge in [-0.25, -0.2) is 4.79 Å². The number of benzene rings is 2. The second kappa shape index (κ2) is 16.7. The summed E-state index contributed by atoms with van der Waals surface area (Å²) in [6.07, 6.45) is 1.16. The van der Waals surface area contributed by atoms with Gasteiger partial charge in [0, 0.05) is 24.8 Å². The SMILES string of the molecule is CCOC(=O)CCNC(=S)NCCCC[C@H](NC(=O)OCc1ccccc1)C(=O)Nc1cccc(O)c1. The highest BCUT2D eigenvalue weighted by atomic mass is 32.1. The van der Waals surface area contributed by atoms with Crippen LogP contribution in [-0.4, -0.2) is 53.9 Å². The predicted molar refractivity (Wildman–Crippen MR) is 144 cm³/mol. The largest absolute Gasteiger partial charge is 0.508 e. The molecule has 37 heavy (non-hydrogen) atoms. The van der Waals surface area contributed by atoms with Gasteiger partial charge in [-0.05, 0) is 56.1 Å². The van der Waals surface area contributed by atoms with E-state index in [1.165, 1.54) is 12.1 Å². The van der Waals surface area contributed by atoms with Crippen LogP contribution in [0.3, 0.4) is 0 Å². The van der Waals surface area contributed by atoms with E-state index in [0.29, 0.717) is 49.8 Å². The third kappa shape index (κ3) is 12.6. The second-order valence-electron chi connectivity index (χ2n) is 8.03. The van der Waals surface area contributed by atoms with Gasteiger partial charge in [0.1, 0.15) is 18.4 Å². The van der Waals surface area contributed by atoms with Crippen LogP contribution in [0.15, 0.2) is 54.6 Å². The van der Waals surface area contributed by atoms with Crippen LogP contribution in [-0.2, 0) is 25.7 Å². The van der Waals surface area contributed by atoms with Crippen molar-refractivity contribution in [3.05, 3.63) is 60.2 Å². The summed E-state index contributed by atoms with van der Waals surface area (Å²) in [6.45, 7) is 3.09. The molecule has 2 amide bonds. The standard InChI is InChI=1S/C26H34N4O6S/c1-2-35-23(32)14-16-28-25(37)27-15-7-6-13-22(24(33)29-20-11-8-12-21(31)17-20)30-26(34)36-18-19-9-4-3-5-10-19/h3-5,8-12,17,22,31H,2,6-7,13-16,18H2,1H3,(H,29,33)(H,30,34)(H2,27,28,37)/t22-/m0/s1. The third-order valence-corrected chi connectivity index (χ3v) is 5.35. The van der Waals surface area contributed by atoms with Crippen molar-refractivity contribution >= 4 is 41.0 Å². The van der Waals surface area contributed by atoms with Crippen molar-refractivity contribution in [1.82, 2.24) is 16.0 Å². The maximum Gasteiger partial charge on any atom is 0.408 e. The third-order valence-electron chi connectivity index (χ3n) is 5.06. The summed E-state index contributed by atoms with van der Waals surface area (Å²) in [6, 6.07) is 14.5. The Morgan fingerprint density at radius 1 is 0.973 bits per heavy atom. The van der Waals surface area contributed by atoms with E-state index in [9.17, 15) is 19.5 Å². The number of ether oxygens (including phenoxy) is 2. The van der Waals surface area contributed by atoms with E-state index < -0.39 is 18.0 Å². The number of aromatic hydroxyl groups is 1. The molecule has 11 heteroatoms. The first-order valence-electron chi connectivity index (χ1n) is 12.1. The van der Waals surface area contributed by atoms with Gasteiger partial charge in [-0.2, -0.15) is 0 Å². The number of anilines is 1. The maximum atomic E-state index is 12.9. The molecule has 200 valence electrons. The number of thiocarbonyl (C=S) groups is 1. The average molecular weight is 531 g/mol. The molecule has 0 saturated carbocycles. The number of rotatable bonds is 14. The van der Waals surface area contributed by atoms with Gasteiger partial charge in [-0.15, -0.1) is 0 Å². The van der Waals surface area contributed by atoms with E-state index in [1.807, 2.05) is 30.3 Å². The number of nitrogens with one attached hydrogen (secondary N) is 4. The van der Waals surface area contributed by atoms with Crippen LogP contribution < -0.4 is 21.3 Å². The molecule has 1 atom stereocenters. The number of alkyl carbamates (subject to hydrolysis) is 1. The molecule has 0 radical (unpaired) electrons. The van der Waals surface area contributed by atoms with Gasteiger partial charge in [0.2, 0.25) is 5.91 Å². The van der Waals surface area contributed by atoms with Crippen molar-refractivity contribution < 1.29 is 29.0 Å². The summed E-state index contributed by atoms with van der Waals surface area (Å²) >= 11 is 5.19. The summed E-state index contributed by atoms with van der Waals surface area (Å²) < 4.78 is 10.1. The van der Waals surface area contributed by atoms with Gasteiger partial charge < -0.3 is 35.8 Å². The maximum absolute atomic E-state index is 12.9. The number of phenols is 1. The fourth-order valence-corrected chi connectivity index (χ4v) is 3.44.